The average Bonchev–Trinajstić information content (AvgIpc) is 2.98. The maximum atomic E-state index is 5.64. The second-order valence-corrected chi connectivity index (χ2v) is 4.22. The Morgan fingerprint density at radius 3 is 2.79 bits per heavy atom. The van der Waals surface area contributed by atoms with Crippen LogP contribution >= 0.6 is 0 Å². The first-order chi connectivity index (χ1) is 9.29. The van der Waals surface area contributed by atoms with Crippen molar-refractivity contribution in [3.8, 4) is 11.5 Å². The van der Waals surface area contributed by atoms with E-state index in [4.69, 9.17) is 13.9 Å². The fourth-order valence-corrected chi connectivity index (χ4v) is 1.77. The zero-order valence-electron chi connectivity index (χ0n) is 11.3. The van der Waals surface area contributed by atoms with E-state index in [9.17, 15) is 0 Å². The second-order valence-electron chi connectivity index (χ2n) is 4.22. The molecule has 4 nitrogen and oxygen atoms in total. The van der Waals surface area contributed by atoms with Crippen molar-refractivity contribution in [2.45, 2.75) is 13.0 Å². The molecule has 0 saturated heterocycles. The maximum Gasteiger partial charge on any atom is 0.123 e. The van der Waals surface area contributed by atoms with E-state index < -0.39 is 0 Å². The van der Waals surface area contributed by atoms with Crippen LogP contribution < -0.4 is 14.8 Å². The Kier molecular flexibility index (Phi) is 4.86. The van der Waals surface area contributed by atoms with Crippen LogP contribution in [0.15, 0.2) is 47.1 Å². The number of rotatable bonds is 7. The summed E-state index contributed by atoms with van der Waals surface area (Å²) in [6.07, 6.45) is 1.68. The van der Waals surface area contributed by atoms with Crippen molar-refractivity contribution < 1.29 is 13.9 Å². The van der Waals surface area contributed by atoms with Gasteiger partial charge in [-0.2, -0.15) is 0 Å². The van der Waals surface area contributed by atoms with E-state index in [-0.39, 0.29) is 6.04 Å². The van der Waals surface area contributed by atoms with Gasteiger partial charge in [0.25, 0.3) is 0 Å². The fourth-order valence-electron chi connectivity index (χ4n) is 1.77. The summed E-state index contributed by atoms with van der Waals surface area (Å²) < 4.78 is 16.1. The van der Waals surface area contributed by atoms with Gasteiger partial charge in [-0.3, -0.25) is 0 Å². The van der Waals surface area contributed by atoms with Gasteiger partial charge >= 0.3 is 0 Å². The summed E-state index contributed by atoms with van der Waals surface area (Å²) in [6, 6.07) is 11.6. The molecule has 0 bridgehead atoms. The van der Waals surface area contributed by atoms with E-state index in [2.05, 4.69) is 12.2 Å². The van der Waals surface area contributed by atoms with Gasteiger partial charge in [0, 0.05) is 12.6 Å². The molecule has 1 N–H and O–H groups in total. The quantitative estimate of drug-likeness (QED) is 0.778. The predicted molar refractivity (Wildman–Crippen MR) is 73.6 cm³/mol. The van der Waals surface area contributed by atoms with E-state index >= 15 is 0 Å². The Morgan fingerprint density at radius 1 is 1.21 bits per heavy atom. The van der Waals surface area contributed by atoms with Gasteiger partial charge in [0.05, 0.1) is 19.4 Å². The molecule has 0 radical (unpaired) electrons. The van der Waals surface area contributed by atoms with Crippen LogP contribution in [0.1, 0.15) is 18.7 Å². The molecule has 1 heterocycles. The molecule has 4 heteroatoms. The number of furan rings is 1. The lowest BCUT2D eigenvalue weighted by molar-refractivity contribution is 0.300. The van der Waals surface area contributed by atoms with Crippen molar-refractivity contribution in [1.82, 2.24) is 5.32 Å². The Labute approximate surface area is 113 Å². The summed E-state index contributed by atoms with van der Waals surface area (Å²) >= 11 is 0. The van der Waals surface area contributed by atoms with E-state index in [0.29, 0.717) is 6.61 Å². The first-order valence-electron chi connectivity index (χ1n) is 6.33. The minimum atomic E-state index is 0.184. The van der Waals surface area contributed by atoms with Crippen molar-refractivity contribution in [3.63, 3.8) is 0 Å². The van der Waals surface area contributed by atoms with Crippen molar-refractivity contribution in [2.75, 3.05) is 20.3 Å². The summed E-state index contributed by atoms with van der Waals surface area (Å²) in [7, 11) is 1.64. The summed E-state index contributed by atoms with van der Waals surface area (Å²) in [5, 5.41) is 3.33. The molecule has 0 aliphatic rings. The summed E-state index contributed by atoms with van der Waals surface area (Å²) in [5.74, 6) is 2.54. The summed E-state index contributed by atoms with van der Waals surface area (Å²) in [6.45, 7) is 3.40. The molecule has 1 atom stereocenters. The Hall–Kier alpha value is -1.94. The SMILES string of the molecule is COc1cccc(OCCNC(C)c2ccco2)c1. The standard InChI is InChI=1S/C15H19NO3/c1-12(15-7-4-9-19-15)16-8-10-18-14-6-3-5-13(11-14)17-2/h3-7,9,11-12,16H,8,10H2,1-2H3. The monoisotopic (exact) mass is 261 g/mol. The highest BCUT2D eigenvalue weighted by Crippen LogP contribution is 2.18. The van der Waals surface area contributed by atoms with Crippen LogP contribution in [0.5, 0.6) is 11.5 Å². The number of hydrogen-bond donors (Lipinski definition) is 1. The van der Waals surface area contributed by atoms with Crippen LogP contribution in [0.25, 0.3) is 0 Å². The van der Waals surface area contributed by atoms with E-state index in [1.807, 2.05) is 36.4 Å². The van der Waals surface area contributed by atoms with Gasteiger partial charge in [-0.25, -0.2) is 0 Å². The smallest absolute Gasteiger partial charge is 0.123 e. The molecular formula is C15H19NO3. The number of ether oxygens (including phenoxy) is 2. The molecule has 1 aromatic carbocycles. The van der Waals surface area contributed by atoms with Gasteiger partial charge in [-0.05, 0) is 31.2 Å². The van der Waals surface area contributed by atoms with Crippen molar-refractivity contribution in [2.24, 2.45) is 0 Å². The molecule has 1 aromatic heterocycles. The molecule has 1 unspecified atom stereocenters. The van der Waals surface area contributed by atoms with Crippen molar-refractivity contribution in [3.05, 3.63) is 48.4 Å². The zero-order chi connectivity index (χ0) is 13.5. The highest BCUT2D eigenvalue weighted by molar-refractivity contribution is 5.32. The Balaban J connectivity index is 1.71. The molecule has 0 saturated carbocycles. The third-order valence-corrected chi connectivity index (χ3v) is 2.83. The van der Waals surface area contributed by atoms with Gasteiger partial charge in [-0.15, -0.1) is 0 Å². The first-order valence-corrected chi connectivity index (χ1v) is 6.33. The molecule has 19 heavy (non-hydrogen) atoms. The van der Waals surface area contributed by atoms with E-state index in [1.165, 1.54) is 0 Å². The summed E-state index contributed by atoms with van der Waals surface area (Å²) in [5.41, 5.74) is 0. The Morgan fingerprint density at radius 2 is 2.05 bits per heavy atom. The minimum absolute atomic E-state index is 0.184. The highest BCUT2D eigenvalue weighted by atomic mass is 16.5. The lowest BCUT2D eigenvalue weighted by Crippen LogP contribution is -2.24. The minimum Gasteiger partial charge on any atom is -0.497 e. The molecule has 0 aliphatic heterocycles. The fraction of sp³-hybridized carbons (Fsp3) is 0.333. The third kappa shape index (κ3) is 4.03. The van der Waals surface area contributed by atoms with Crippen LogP contribution in [-0.4, -0.2) is 20.3 Å². The predicted octanol–water partition coefficient (Wildman–Crippen LogP) is 3.02. The number of methoxy groups -OCH3 is 1. The van der Waals surface area contributed by atoms with Gasteiger partial charge < -0.3 is 19.2 Å². The molecular weight excluding hydrogens is 242 g/mol. The zero-order valence-corrected chi connectivity index (χ0v) is 11.3. The largest absolute Gasteiger partial charge is 0.497 e. The molecule has 2 aromatic rings. The van der Waals surface area contributed by atoms with E-state index in [0.717, 1.165) is 23.8 Å². The van der Waals surface area contributed by atoms with Crippen molar-refractivity contribution >= 4 is 0 Å². The van der Waals surface area contributed by atoms with Gasteiger partial charge in [0.2, 0.25) is 0 Å². The maximum absolute atomic E-state index is 5.64. The first kappa shape index (κ1) is 13.5. The van der Waals surface area contributed by atoms with Crippen LogP contribution in [0.2, 0.25) is 0 Å². The molecule has 0 fully saturated rings. The van der Waals surface area contributed by atoms with Crippen LogP contribution in [-0.2, 0) is 0 Å². The third-order valence-electron chi connectivity index (χ3n) is 2.83. The van der Waals surface area contributed by atoms with Gasteiger partial charge in [0.1, 0.15) is 23.9 Å². The molecule has 0 spiro atoms. The number of nitrogens with one attached hydrogen (secondary N) is 1. The normalized spacial score (nSPS) is 12.1. The van der Waals surface area contributed by atoms with Crippen LogP contribution in [0.4, 0.5) is 0 Å². The van der Waals surface area contributed by atoms with E-state index in [1.54, 1.807) is 13.4 Å². The molecule has 0 aliphatic carbocycles. The van der Waals surface area contributed by atoms with Gasteiger partial charge in [0.15, 0.2) is 0 Å². The van der Waals surface area contributed by atoms with Gasteiger partial charge in [-0.1, -0.05) is 6.07 Å². The lowest BCUT2D eigenvalue weighted by Gasteiger charge is -2.12. The lowest BCUT2D eigenvalue weighted by atomic mass is 10.2. The molecule has 2 rings (SSSR count). The Bertz CT molecular complexity index is 482. The molecule has 102 valence electrons. The van der Waals surface area contributed by atoms with Crippen molar-refractivity contribution in [1.29, 1.82) is 0 Å². The van der Waals surface area contributed by atoms with Crippen LogP contribution in [0, 0.1) is 0 Å². The highest BCUT2D eigenvalue weighted by Gasteiger charge is 2.06. The summed E-state index contributed by atoms with van der Waals surface area (Å²) in [4.78, 5) is 0. The topological polar surface area (TPSA) is 43.6 Å². The average molecular weight is 261 g/mol. The van der Waals surface area contributed by atoms with Crippen LogP contribution in [0.3, 0.4) is 0 Å². The second kappa shape index (κ2) is 6.85. The molecule has 0 amide bonds. The number of benzene rings is 1. The number of hydrogen-bond acceptors (Lipinski definition) is 4.